The first-order valence-electron chi connectivity index (χ1n) is 8.67. The Morgan fingerprint density at radius 3 is 2.50 bits per heavy atom. The van der Waals surface area contributed by atoms with E-state index in [2.05, 4.69) is 37.9 Å². The Labute approximate surface area is 126 Å². The van der Waals surface area contributed by atoms with Gasteiger partial charge in [-0.1, -0.05) is 20.8 Å². The molecule has 120 valence electrons. The molecule has 1 rings (SSSR count). The van der Waals surface area contributed by atoms with Gasteiger partial charge in [-0.25, -0.2) is 0 Å². The number of rotatable bonds is 10. The van der Waals surface area contributed by atoms with E-state index in [1.165, 1.54) is 38.9 Å². The number of nitrogens with one attached hydrogen (secondary N) is 1. The zero-order valence-corrected chi connectivity index (χ0v) is 14.2. The van der Waals surface area contributed by atoms with E-state index in [0.717, 1.165) is 32.1 Å². The second-order valence-electron chi connectivity index (χ2n) is 6.74. The van der Waals surface area contributed by atoms with Crippen molar-refractivity contribution in [2.75, 3.05) is 39.4 Å². The molecule has 1 atom stereocenters. The summed E-state index contributed by atoms with van der Waals surface area (Å²) >= 11 is 0. The van der Waals surface area contributed by atoms with Crippen LogP contribution in [0.1, 0.15) is 53.4 Å². The third-order valence-corrected chi connectivity index (χ3v) is 4.26. The number of ether oxygens (including phenoxy) is 1. The molecule has 0 aliphatic carbocycles. The molecule has 1 heterocycles. The summed E-state index contributed by atoms with van der Waals surface area (Å²) in [4.78, 5) is 2.61. The molecular weight excluding hydrogens is 248 g/mol. The summed E-state index contributed by atoms with van der Waals surface area (Å²) < 4.78 is 5.62. The van der Waals surface area contributed by atoms with Crippen molar-refractivity contribution in [3.8, 4) is 0 Å². The Bertz CT molecular complexity index is 225. The van der Waals surface area contributed by atoms with Crippen LogP contribution in [0.25, 0.3) is 0 Å². The smallest absolute Gasteiger partial charge is 0.0489 e. The molecule has 1 fully saturated rings. The van der Waals surface area contributed by atoms with Gasteiger partial charge < -0.3 is 15.0 Å². The highest BCUT2D eigenvalue weighted by Crippen LogP contribution is 2.20. The van der Waals surface area contributed by atoms with E-state index in [1.54, 1.807) is 0 Å². The molecule has 0 amide bonds. The van der Waals surface area contributed by atoms with E-state index in [9.17, 15) is 0 Å². The normalized spacial score (nSPS) is 19.6. The van der Waals surface area contributed by atoms with Gasteiger partial charge in [0.2, 0.25) is 0 Å². The van der Waals surface area contributed by atoms with Gasteiger partial charge >= 0.3 is 0 Å². The lowest BCUT2D eigenvalue weighted by molar-refractivity contribution is 0.106. The average Bonchev–Trinajstić information content (AvgIpc) is 2.43. The summed E-state index contributed by atoms with van der Waals surface area (Å²) in [5.41, 5.74) is 0. The molecule has 0 spiro atoms. The fourth-order valence-electron chi connectivity index (χ4n) is 2.98. The number of nitrogens with zero attached hydrogens (tertiary/aromatic N) is 1. The van der Waals surface area contributed by atoms with Crippen molar-refractivity contribution < 1.29 is 4.74 Å². The summed E-state index contributed by atoms with van der Waals surface area (Å²) in [7, 11) is 0. The van der Waals surface area contributed by atoms with Crippen LogP contribution in [0.5, 0.6) is 0 Å². The van der Waals surface area contributed by atoms with Gasteiger partial charge in [0.05, 0.1) is 0 Å². The molecule has 20 heavy (non-hydrogen) atoms. The summed E-state index contributed by atoms with van der Waals surface area (Å²) in [6.07, 6.45) is 5.14. The maximum Gasteiger partial charge on any atom is 0.0489 e. The first-order valence-corrected chi connectivity index (χ1v) is 8.67. The predicted molar refractivity (Wildman–Crippen MR) is 87.2 cm³/mol. The molecule has 0 aromatic carbocycles. The van der Waals surface area contributed by atoms with Crippen LogP contribution in [-0.4, -0.2) is 50.3 Å². The lowest BCUT2D eigenvalue weighted by Gasteiger charge is -2.35. The third kappa shape index (κ3) is 7.61. The Morgan fingerprint density at radius 1 is 1.20 bits per heavy atom. The molecule has 1 saturated heterocycles. The van der Waals surface area contributed by atoms with Gasteiger partial charge in [0.1, 0.15) is 0 Å². The molecular formula is C17H36N2O. The predicted octanol–water partition coefficient (Wildman–Crippen LogP) is 3.15. The molecule has 1 unspecified atom stereocenters. The number of hydrogen-bond acceptors (Lipinski definition) is 3. The highest BCUT2D eigenvalue weighted by Gasteiger charge is 2.22. The minimum Gasteiger partial charge on any atom is -0.381 e. The van der Waals surface area contributed by atoms with E-state index in [0.29, 0.717) is 12.0 Å². The number of likely N-dealkylation sites (tertiary alicyclic amines) is 1. The second-order valence-corrected chi connectivity index (χ2v) is 6.74. The van der Waals surface area contributed by atoms with Crippen molar-refractivity contribution in [1.29, 1.82) is 0 Å². The average molecular weight is 284 g/mol. The van der Waals surface area contributed by atoms with Gasteiger partial charge in [0.25, 0.3) is 0 Å². The van der Waals surface area contributed by atoms with Crippen molar-refractivity contribution in [1.82, 2.24) is 10.2 Å². The number of piperidine rings is 1. The van der Waals surface area contributed by atoms with Gasteiger partial charge in [0.15, 0.2) is 0 Å². The lowest BCUT2D eigenvalue weighted by Crippen LogP contribution is -2.42. The van der Waals surface area contributed by atoms with Crippen LogP contribution >= 0.6 is 0 Å². The van der Waals surface area contributed by atoms with Crippen LogP contribution in [0.3, 0.4) is 0 Å². The quantitative estimate of drug-likeness (QED) is 0.624. The van der Waals surface area contributed by atoms with E-state index in [4.69, 9.17) is 4.74 Å². The van der Waals surface area contributed by atoms with Gasteiger partial charge in [-0.2, -0.15) is 0 Å². The maximum absolute atomic E-state index is 5.62. The summed E-state index contributed by atoms with van der Waals surface area (Å²) in [6.45, 7) is 15.8. The van der Waals surface area contributed by atoms with Crippen LogP contribution < -0.4 is 5.32 Å². The van der Waals surface area contributed by atoms with Crippen LogP contribution in [0.4, 0.5) is 0 Å². The number of hydrogen-bond donors (Lipinski definition) is 1. The lowest BCUT2D eigenvalue weighted by atomic mass is 9.90. The topological polar surface area (TPSA) is 24.5 Å². The van der Waals surface area contributed by atoms with Crippen molar-refractivity contribution in [2.24, 2.45) is 11.8 Å². The molecule has 0 aromatic rings. The Balaban J connectivity index is 2.01. The first kappa shape index (κ1) is 17.9. The minimum absolute atomic E-state index is 0.648. The van der Waals surface area contributed by atoms with Crippen LogP contribution in [0.15, 0.2) is 0 Å². The molecule has 1 N–H and O–H groups in total. The fraction of sp³-hybridized carbons (Fsp3) is 1.00. The van der Waals surface area contributed by atoms with Crippen molar-refractivity contribution in [3.05, 3.63) is 0 Å². The Hall–Kier alpha value is -0.120. The van der Waals surface area contributed by atoms with Crippen LogP contribution in [0, 0.1) is 11.8 Å². The Morgan fingerprint density at radius 2 is 1.90 bits per heavy atom. The zero-order chi connectivity index (χ0) is 14.8. The summed E-state index contributed by atoms with van der Waals surface area (Å²) in [5, 5.41) is 3.69. The highest BCUT2D eigenvalue weighted by molar-refractivity contribution is 4.79. The SMILES string of the molecule is CCCN1CCC(C(C)NCCCOCC(C)C)CC1. The van der Waals surface area contributed by atoms with Crippen molar-refractivity contribution in [3.63, 3.8) is 0 Å². The zero-order valence-electron chi connectivity index (χ0n) is 14.2. The van der Waals surface area contributed by atoms with Gasteiger partial charge in [-0.15, -0.1) is 0 Å². The molecule has 0 saturated carbocycles. The first-order chi connectivity index (χ1) is 9.63. The maximum atomic E-state index is 5.62. The second kappa shape index (κ2) is 10.6. The molecule has 1 aliphatic rings. The fourth-order valence-corrected chi connectivity index (χ4v) is 2.98. The van der Waals surface area contributed by atoms with Crippen molar-refractivity contribution >= 4 is 0 Å². The monoisotopic (exact) mass is 284 g/mol. The van der Waals surface area contributed by atoms with E-state index < -0.39 is 0 Å². The largest absolute Gasteiger partial charge is 0.381 e. The molecule has 3 nitrogen and oxygen atoms in total. The van der Waals surface area contributed by atoms with Crippen molar-refractivity contribution in [2.45, 2.75) is 59.4 Å². The Kier molecular flexibility index (Phi) is 9.49. The van der Waals surface area contributed by atoms with E-state index in [-0.39, 0.29) is 0 Å². The molecule has 0 radical (unpaired) electrons. The minimum atomic E-state index is 0.648. The molecule has 1 aliphatic heterocycles. The summed E-state index contributed by atoms with van der Waals surface area (Å²) in [6, 6.07) is 0.656. The molecule has 0 bridgehead atoms. The van der Waals surface area contributed by atoms with Crippen LogP contribution in [0.2, 0.25) is 0 Å². The van der Waals surface area contributed by atoms with Gasteiger partial charge in [-0.05, 0) is 70.6 Å². The third-order valence-electron chi connectivity index (χ3n) is 4.26. The standard InChI is InChI=1S/C17H36N2O/c1-5-10-19-11-7-17(8-12-19)16(4)18-9-6-13-20-14-15(2)3/h15-18H,5-14H2,1-4H3. The van der Waals surface area contributed by atoms with Gasteiger partial charge in [0, 0.05) is 19.3 Å². The van der Waals surface area contributed by atoms with E-state index >= 15 is 0 Å². The van der Waals surface area contributed by atoms with E-state index in [1.807, 2.05) is 0 Å². The highest BCUT2D eigenvalue weighted by atomic mass is 16.5. The summed E-state index contributed by atoms with van der Waals surface area (Å²) in [5.74, 6) is 1.51. The van der Waals surface area contributed by atoms with Gasteiger partial charge in [-0.3, -0.25) is 0 Å². The molecule has 0 aromatic heterocycles. The molecule has 3 heteroatoms. The van der Waals surface area contributed by atoms with Crippen LogP contribution in [-0.2, 0) is 4.74 Å².